The smallest absolute Gasteiger partial charge is 0.223 e. The fourth-order valence-electron chi connectivity index (χ4n) is 2.14. The lowest BCUT2D eigenvalue weighted by Gasteiger charge is -2.40. The minimum Gasteiger partial charge on any atom is -0.388 e. The average Bonchev–Trinajstić information content (AvgIpc) is 2.31. The molecule has 4 nitrogen and oxygen atoms in total. The van der Waals surface area contributed by atoms with Crippen molar-refractivity contribution < 1.29 is 14.6 Å². The second-order valence-corrected chi connectivity index (χ2v) is 5.13. The predicted octanol–water partition coefficient (Wildman–Crippen LogP) is 1.61. The van der Waals surface area contributed by atoms with Crippen LogP contribution in [0.1, 0.15) is 52.4 Å². The summed E-state index contributed by atoms with van der Waals surface area (Å²) in [5.74, 6) is -0.0214. The van der Waals surface area contributed by atoms with Gasteiger partial charge in [0.2, 0.25) is 5.91 Å². The molecule has 0 unspecified atom stereocenters. The SMILES string of the molecule is CCC(O)(CC)CNC(=O)CC1(OC)CCC1. The Labute approximate surface area is 104 Å². The Morgan fingerprint density at radius 1 is 1.41 bits per heavy atom. The van der Waals surface area contributed by atoms with E-state index >= 15 is 0 Å². The summed E-state index contributed by atoms with van der Waals surface area (Å²) in [5, 5.41) is 12.9. The van der Waals surface area contributed by atoms with Gasteiger partial charge in [0.05, 0.1) is 17.6 Å². The topological polar surface area (TPSA) is 58.6 Å². The third-order valence-electron chi connectivity index (χ3n) is 4.11. The summed E-state index contributed by atoms with van der Waals surface area (Å²) in [7, 11) is 1.67. The van der Waals surface area contributed by atoms with Gasteiger partial charge in [-0.25, -0.2) is 0 Å². The van der Waals surface area contributed by atoms with Crippen molar-refractivity contribution in [1.82, 2.24) is 5.32 Å². The molecule has 0 radical (unpaired) electrons. The summed E-state index contributed by atoms with van der Waals surface area (Å²) in [6.45, 7) is 4.19. The van der Waals surface area contributed by atoms with E-state index in [0.717, 1.165) is 19.3 Å². The monoisotopic (exact) mass is 243 g/mol. The standard InChI is InChI=1S/C13H25NO3/c1-4-12(16,5-2)10-14-11(15)9-13(17-3)7-6-8-13/h16H,4-10H2,1-3H3,(H,14,15). The first-order valence-corrected chi connectivity index (χ1v) is 6.53. The van der Waals surface area contributed by atoms with Crippen LogP contribution in [0, 0.1) is 0 Å². The van der Waals surface area contributed by atoms with E-state index in [4.69, 9.17) is 4.74 Å². The first kappa shape index (κ1) is 14.5. The number of carbonyl (C=O) groups is 1. The number of rotatable bonds is 7. The van der Waals surface area contributed by atoms with E-state index in [-0.39, 0.29) is 11.5 Å². The molecule has 2 N–H and O–H groups in total. The molecule has 1 fully saturated rings. The highest BCUT2D eigenvalue weighted by Gasteiger charge is 2.39. The van der Waals surface area contributed by atoms with Crippen molar-refractivity contribution in [3.8, 4) is 0 Å². The third kappa shape index (κ3) is 3.68. The molecule has 0 aromatic rings. The molecule has 0 saturated heterocycles. The van der Waals surface area contributed by atoms with Gasteiger partial charge in [0.15, 0.2) is 0 Å². The van der Waals surface area contributed by atoms with Gasteiger partial charge < -0.3 is 15.2 Å². The molecule has 1 aliphatic carbocycles. The van der Waals surface area contributed by atoms with E-state index < -0.39 is 5.60 Å². The van der Waals surface area contributed by atoms with Crippen LogP contribution in [0.4, 0.5) is 0 Å². The van der Waals surface area contributed by atoms with Crippen molar-refractivity contribution in [2.75, 3.05) is 13.7 Å². The van der Waals surface area contributed by atoms with Crippen LogP contribution in [-0.4, -0.2) is 35.9 Å². The normalized spacial score (nSPS) is 18.6. The van der Waals surface area contributed by atoms with Crippen LogP contribution in [-0.2, 0) is 9.53 Å². The van der Waals surface area contributed by atoms with E-state index in [2.05, 4.69) is 5.32 Å². The minimum absolute atomic E-state index is 0.0214. The van der Waals surface area contributed by atoms with Crippen LogP contribution in [0.25, 0.3) is 0 Å². The highest BCUT2D eigenvalue weighted by molar-refractivity contribution is 5.77. The molecule has 0 heterocycles. The lowest BCUT2D eigenvalue weighted by molar-refractivity contribution is -0.135. The summed E-state index contributed by atoms with van der Waals surface area (Å²) < 4.78 is 5.41. The Bertz CT molecular complexity index is 252. The van der Waals surface area contributed by atoms with Crippen molar-refractivity contribution in [1.29, 1.82) is 0 Å². The van der Waals surface area contributed by atoms with E-state index in [1.807, 2.05) is 13.8 Å². The van der Waals surface area contributed by atoms with Crippen molar-refractivity contribution in [3.05, 3.63) is 0 Å². The highest BCUT2D eigenvalue weighted by Crippen LogP contribution is 2.37. The summed E-state index contributed by atoms with van der Waals surface area (Å²) in [6, 6.07) is 0. The zero-order chi connectivity index (χ0) is 12.9. The van der Waals surface area contributed by atoms with Crippen LogP contribution < -0.4 is 5.32 Å². The number of nitrogens with one attached hydrogen (secondary N) is 1. The third-order valence-corrected chi connectivity index (χ3v) is 4.11. The zero-order valence-corrected chi connectivity index (χ0v) is 11.2. The maximum absolute atomic E-state index is 11.8. The first-order valence-electron chi connectivity index (χ1n) is 6.53. The summed E-state index contributed by atoms with van der Waals surface area (Å²) in [4.78, 5) is 11.8. The number of ether oxygens (including phenoxy) is 1. The van der Waals surface area contributed by atoms with Gasteiger partial charge in [-0.05, 0) is 32.1 Å². The fourth-order valence-corrected chi connectivity index (χ4v) is 2.14. The Morgan fingerprint density at radius 3 is 2.35 bits per heavy atom. The van der Waals surface area contributed by atoms with Gasteiger partial charge in [-0.3, -0.25) is 4.79 Å². The van der Waals surface area contributed by atoms with Crippen molar-refractivity contribution >= 4 is 5.91 Å². The summed E-state index contributed by atoms with van der Waals surface area (Å²) in [5.41, 5.74) is -1.00. The second kappa shape index (κ2) is 5.83. The van der Waals surface area contributed by atoms with E-state index in [9.17, 15) is 9.90 Å². The number of methoxy groups -OCH3 is 1. The maximum atomic E-state index is 11.8. The number of hydrogen-bond acceptors (Lipinski definition) is 3. The molecule has 1 saturated carbocycles. The molecule has 0 spiro atoms. The van der Waals surface area contributed by atoms with Crippen molar-refractivity contribution in [2.45, 2.75) is 63.6 Å². The maximum Gasteiger partial charge on any atom is 0.223 e. The molecule has 0 bridgehead atoms. The van der Waals surface area contributed by atoms with Gasteiger partial charge in [-0.1, -0.05) is 13.8 Å². The van der Waals surface area contributed by atoms with Crippen LogP contribution in [0.5, 0.6) is 0 Å². The van der Waals surface area contributed by atoms with E-state index in [0.29, 0.717) is 25.8 Å². The highest BCUT2D eigenvalue weighted by atomic mass is 16.5. The van der Waals surface area contributed by atoms with Crippen molar-refractivity contribution in [2.24, 2.45) is 0 Å². The predicted molar refractivity (Wildman–Crippen MR) is 66.7 cm³/mol. The number of hydrogen-bond donors (Lipinski definition) is 2. The molecule has 0 atom stereocenters. The number of carbonyl (C=O) groups excluding carboxylic acids is 1. The Balaban J connectivity index is 2.35. The van der Waals surface area contributed by atoms with Gasteiger partial charge in [-0.2, -0.15) is 0 Å². The summed E-state index contributed by atoms with van der Waals surface area (Å²) >= 11 is 0. The van der Waals surface area contributed by atoms with Gasteiger partial charge in [0.1, 0.15) is 0 Å². The molecule has 17 heavy (non-hydrogen) atoms. The number of aliphatic hydroxyl groups is 1. The molecule has 1 amide bonds. The molecular formula is C13H25NO3. The van der Waals surface area contributed by atoms with Crippen LogP contribution in [0.15, 0.2) is 0 Å². The fraction of sp³-hybridized carbons (Fsp3) is 0.923. The molecule has 1 rings (SSSR count). The van der Waals surface area contributed by atoms with Gasteiger partial charge in [0.25, 0.3) is 0 Å². The van der Waals surface area contributed by atoms with Crippen LogP contribution >= 0.6 is 0 Å². The van der Waals surface area contributed by atoms with Gasteiger partial charge in [-0.15, -0.1) is 0 Å². The summed E-state index contributed by atoms with van der Waals surface area (Å²) in [6.07, 6.45) is 4.77. The molecular weight excluding hydrogens is 218 g/mol. The molecule has 100 valence electrons. The first-order chi connectivity index (χ1) is 7.99. The lowest BCUT2D eigenvalue weighted by Crippen LogP contribution is -2.47. The molecule has 0 aromatic carbocycles. The average molecular weight is 243 g/mol. The van der Waals surface area contributed by atoms with E-state index in [1.165, 1.54) is 0 Å². The van der Waals surface area contributed by atoms with Gasteiger partial charge in [0, 0.05) is 13.7 Å². The molecule has 0 aliphatic heterocycles. The largest absolute Gasteiger partial charge is 0.388 e. The number of amides is 1. The van der Waals surface area contributed by atoms with Gasteiger partial charge >= 0.3 is 0 Å². The Morgan fingerprint density at radius 2 is 2.00 bits per heavy atom. The zero-order valence-electron chi connectivity index (χ0n) is 11.2. The molecule has 4 heteroatoms. The van der Waals surface area contributed by atoms with Crippen LogP contribution in [0.3, 0.4) is 0 Å². The van der Waals surface area contributed by atoms with Crippen molar-refractivity contribution in [3.63, 3.8) is 0 Å². The Hall–Kier alpha value is -0.610. The van der Waals surface area contributed by atoms with E-state index in [1.54, 1.807) is 7.11 Å². The second-order valence-electron chi connectivity index (χ2n) is 5.13. The molecule has 1 aliphatic rings. The lowest BCUT2D eigenvalue weighted by atomic mass is 9.77. The quantitative estimate of drug-likeness (QED) is 0.714. The minimum atomic E-state index is -0.768. The molecule has 0 aromatic heterocycles. The Kier molecular flexibility index (Phi) is 4.95. The van der Waals surface area contributed by atoms with Crippen LogP contribution in [0.2, 0.25) is 0 Å².